The van der Waals surface area contributed by atoms with Crippen LogP contribution in [-0.4, -0.2) is 100.0 Å². The van der Waals surface area contributed by atoms with Crippen molar-refractivity contribution in [1.82, 2.24) is 16.0 Å². The van der Waals surface area contributed by atoms with Crippen molar-refractivity contribution < 1.29 is 44.4 Å². The molecular weight excluding hydrogens is 434 g/mol. The molecule has 0 heterocycles. The number of aliphatic hydroxyl groups is 2. The quantitative estimate of drug-likeness (QED) is 0.0617. The van der Waals surface area contributed by atoms with Crippen LogP contribution in [0.2, 0.25) is 0 Å². The van der Waals surface area contributed by atoms with Crippen LogP contribution in [-0.2, 0) is 24.0 Å². The van der Waals surface area contributed by atoms with Gasteiger partial charge in [-0.2, -0.15) is 0 Å². The third kappa shape index (κ3) is 11.0. The number of hydrogen-bond acceptors (Lipinski definition) is 9. The normalized spacial score (nSPS) is 14.2. The van der Waals surface area contributed by atoms with Gasteiger partial charge in [0.05, 0.1) is 19.6 Å². The van der Waals surface area contributed by atoms with E-state index in [0.717, 1.165) is 0 Å². The molecule has 0 aromatic heterocycles. The number of carboxylic acid groups (broad SMARTS) is 2. The molecule has 0 saturated heterocycles. The highest BCUT2D eigenvalue weighted by Gasteiger charge is 2.30. The first kappa shape index (κ1) is 28.5. The summed E-state index contributed by atoms with van der Waals surface area (Å²) >= 11 is 0. The van der Waals surface area contributed by atoms with Gasteiger partial charge in [-0.25, -0.2) is 4.79 Å². The Kier molecular flexibility index (Phi) is 12.9. The third-order valence-corrected chi connectivity index (χ3v) is 3.92. The van der Waals surface area contributed by atoms with Crippen molar-refractivity contribution in [2.24, 2.45) is 22.2 Å². The Morgan fingerprint density at radius 1 is 0.812 bits per heavy atom. The summed E-state index contributed by atoms with van der Waals surface area (Å²) in [7, 11) is 0. The number of rotatable bonds is 15. The molecule has 16 heteroatoms. The van der Waals surface area contributed by atoms with E-state index in [9.17, 15) is 29.1 Å². The molecule has 0 aliphatic carbocycles. The molecule has 32 heavy (non-hydrogen) atoms. The zero-order chi connectivity index (χ0) is 24.8. The van der Waals surface area contributed by atoms with Crippen molar-refractivity contribution in [2.45, 2.75) is 43.4 Å². The summed E-state index contributed by atoms with van der Waals surface area (Å²) < 4.78 is 0. The Morgan fingerprint density at radius 3 is 1.81 bits per heavy atom. The van der Waals surface area contributed by atoms with Crippen LogP contribution in [0.3, 0.4) is 0 Å². The monoisotopic (exact) mass is 463 g/mol. The maximum atomic E-state index is 12.6. The lowest BCUT2D eigenvalue weighted by molar-refractivity contribution is -0.147. The molecule has 0 aliphatic rings. The molecule has 4 atom stereocenters. The maximum absolute atomic E-state index is 12.6. The van der Waals surface area contributed by atoms with Gasteiger partial charge in [-0.1, -0.05) is 0 Å². The first-order valence-electron chi connectivity index (χ1n) is 9.31. The van der Waals surface area contributed by atoms with Crippen molar-refractivity contribution in [1.29, 1.82) is 0 Å². The van der Waals surface area contributed by atoms with Gasteiger partial charge < -0.3 is 53.6 Å². The molecule has 0 aliphatic heterocycles. The van der Waals surface area contributed by atoms with Gasteiger partial charge in [-0.3, -0.25) is 24.2 Å². The number of hydrogen-bond donors (Lipinski definition) is 10. The SMILES string of the molecule is NC(N)=NCCCC(NC(=O)C(N)CO)C(=O)NC(CO)C(=O)NC(CC(=O)O)C(=O)O. The Morgan fingerprint density at radius 2 is 1.34 bits per heavy atom. The second-order valence-corrected chi connectivity index (χ2v) is 6.54. The predicted octanol–water partition coefficient (Wildman–Crippen LogP) is -5.63. The van der Waals surface area contributed by atoms with Crippen LogP contribution in [0.1, 0.15) is 19.3 Å². The molecular formula is C16H29N7O9. The van der Waals surface area contributed by atoms with Crippen LogP contribution in [0.25, 0.3) is 0 Å². The minimum absolute atomic E-state index is 0.0248. The van der Waals surface area contributed by atoms with Crippen molar-refractivity contribution in [3.8, 4) is 0 Å². The summed E-state index contributed by atoms with van der Waals surface area (Å²) in [4.78, 5) is 62.3. The molecule has 0 bridgehead atoms. The summed E-state index contributed by atoms with van der Waals surface area (Å²) in [6.45, 7) is -1.55. The molecule has 0 fully saturated rings. The first-order chi connectivity index (χ1) is 14.9. The third-order valence-electron chi connectivity index (χ3n) is 3.92. The standard InChI is InChI=1S/C16H29N7O9/c17-7(5-24)12(28)21-8(2-1-3-20-16(18)19)13(29)23-10(6-25)14(30)22-9(15(31)32)4-11(26)27/h7-10,24-25H,1-6,17H2,(H,21,28)(H,22,30)(H,23,29)(H,26,27)(H,31,32)(H4,18,19,20). The molecule has 0 radical (unpaired) electrons. The number of carbonyl (C=O) groups is 5. The molecule has 16 nitrogen and oxygen atoms in total. The molecule has 0 aromatic rings. The van der Waals surface area contributed by atoms with E-state index in [1.54, 1.807) is 0 Å². The maximum Gasteiger partial charge on any atom is 0.326 e. The number of nitrogens with zero attached hydrogens (tertiary/aromatic N) is 1. The number of nitrogens with two attached hydrogens (primary N) is 3. The van der Waals surface area contributed by atoms with Crippen molar-refractivity contribution in [3.63, 3.8) is 0 Å². The van der Waals surface area contributed by atoms with Gasteiger partial charge in [0.15, 0.2) is 5.96 Å². The molecule has 13 N–H and O–H groups in total. The van der Waals surface area contributed by atoms with E-state index in [2.05, 4.69) is 15.6 Å². The molecule has 4 unspecified atom stereocenters. The van der Waals surface area contributed by atoms with Gasteiger partial charge in [0.25, 0.3) is 0 Å². The fourth-order valence-corrected chi connectivity index (χ4v) is 2.25. The number of aliphatic imine (C=N–C) groups is 1. The molecule has 0 spiro atoms. The van der Waals surface area contributed by atoms with Crippen LogP contribution in [0.15, 0.2) is 4.99 Å². The van der Waals surface area contributed by atoms with E-state index < -0.39 is 73.5 Å². The number of carbonyl (C=O) groups excluding carboxylic acids is 3. The smallest absolute Gasteiger partial charge is 0.326 e. The van der Waals surface area contributed by atoms with Crippen molar-refractivity contribution >= 4 is 35.6 Å². The Balaban J connectivity index is 5.28. The summed E-state index contributed by atoms with van der Waals surface area (Å²) in [5, 5.41) is 42.4. The summed E-state index contributed by atoms with van der Waals surface area (Å²) in [5.74, 6) is -6.28. The van der Waals surface area contributed by atoms with Gasteiger partial charge >= 0.3 is 11.9 Å². The van der Waals surface area contributed by atoms with Gasteiger partial charge in [0.2, 0.25) is 17.7 Å². The number of carboxylic acids is 2. The highest BCUT2D eigenvalue weighted by atomic mass is 16.4. The summed E-state index contributed by atoms with van der Waals surface area (Å²) in [5.41, 5.74) is 15.8. The van der Waals surface area contributed by atoms with E-state index >= 15 is 0 Å². The molecule has 0 rings (SSSR count). The van der Waals surface area contributed by atoms with Crippen molar-refractivity contribution in [2.75, 3.05) is 19.8 Å². The topological polar surface area (TPSA) is 293 Å². The second kappa shape index (κ2) is 14.5. The zero-order valence-corrected chi connectivity index (χ0v) is 17.1. The van der Waals surface area contributed by atoms with E-state index in [1.807, 2.05) is 5.32 Å². The molecule has 0 saturated carbocycles. The van der Waals surface area contributed by atoms with Gasteiger partial charge in [-0.15, -0.1) is 0 Å². The lowest BCUT2D eigenvalue weighted by atomic mass is 10.1. The number of aliphatic hydroxyl groups excluding tert-OH is 2. The largest absolute Gasteiger partial charge is 0.481 e. The first-order valence-corrected chi connectivity index (χ1v) is 9.31. The van der Waals surface area contributed by atoms with E-state index in [1.165, 1.54) is 0 Å². The number of amides is 3. The number of aliphatic carboxylic acids is 2. The van der Waals surface area contributed by atoms with Gasteiger partial charge in [0.1, 0.15) is 24.2 Å². The van der Waals surface area contributed by atoms with Crippen LogP contribution >= 0.6 is 0 Å². The van der Waals surface area contributed by atoms with Crippen molar-refractivity contribution in [3.05, 3.63) is 0 Å². The zero-order valence-electron chi connectivity index (χ0n) is 17.1. The Bertz CT molecular complexity index is 712. The molecule has 182 valence electrons. The lowest BCUT2D eigenvalue weighted by Crippen LogP contribution is -2.58. The van der Waals surface area contributed by atoms with Crippen LogP contribution in [0.4, 0.5) is 0 Å². The highest BCUT2D eigenvalue weighted by Crippen LogP contribution is 2.02. The minimum atomic E-state index is -1.80. The Hall–Kier alpha value is -3.50. The predicted molar refractivity (Wildman–Crippen MR) is 108 cm³/mol. The molecule has 3 amide bonds. The fourth-order valence-electron chi connectivity index (χ4n) is 2.25. The van der Waals surface area contributed by atoms with Crippen LogP contribution < -0.4 is 33.2 Å². The fraction of sp³-hybridized carbons (Fsp3) is 0.625. The second-order valence-electron chi connectivity index (χ2n) is 6.54. The minimum Gasteiger partial charge on any atom is -0.481 e. The van der Waals surface area contributed by atoms with Crippen LogP contribution in [0, 0.1) is 0 Å². The highest BCUT2D eigenvalue weighted by molar-refractivity contribution is 5.94. The number of guanidine groups is 1. The van der Waals surface area contributed by atoms with Gasteiger partial charge in [0, 0.05) is 6.54 Å². The van der Waals surface area contributed by atoms with E-state index in [0.29, 0.717) is 0 Å². The molecule has 0 aromatic carbocycles. The summed E-state index contributed by atoms with van der Waals surface area (Å²) in [6, 6.07) is -6.05. The van der Waals surface area contributed by atoms with E-state index in [-0.39, 0.29) is 25.3 Å². The van der Waals surface area contributed by atoms with E-state index in [4.69, 9.17) is 32.5 Å². The summed E-state index contributed by atoms with van der Waals surface area (Å²) in [6.07, 6.45) is -0.751. The van der Waals surface area contributed by atoms with Crippen LogP contribution in [0.5, 0.6) is 0 Å². The Labute approximate surface area is 182 Å². The lowest BCUT2D eigenvalue weighted by Gasteiger charge is -2.23. The average Bonchev–Trinajstić information content (AvgIpc) is 2.71. The van der Waals surface area contributed by atoms with Gasteiger partial charge in [-0.05, 0) is 12.8 Å². The average molecular weight is 463 g/mol. The number of nitrogens with one attached hydrogen (secondary N) is 3.